The lowest BCUT2D eigenvalue weighted by Crippen LogP contribution is -2.42. The molecule has 34 heavy (non-hydrogen) atoms. The van der Waals surface area contributed by atoms with Crippen LogP contribution >= 0.6 is 0 Å². The molecular weight excluding hydrogens is 430 g/mol. The van der Waals surface area contributed by atoms with Crippen LogP contribution in [0.4, 0.5) is 0 Å². The number of rotatable bonds is 8. The number of ether oxygens (including phenoxy) is 2. The second-order valence-corrected chi connectivity index (χ2v) is 8.85. The van der Waals surface area contributed by atoms with E-state index in [4.69, 9.17) is 9.47 Å². The molecular formula is C27H33N3O4. The van der Waals surface area contributed by atoms with E-state index < -0.39 is 0 Å². The summed E-state index contributed by atoms with van der Waals surface area (Å²) in [6, 6.07) is 15.4. The van der Waals surface area contributed by atoms with Gasteiger partial charge in [0, 0.05) is 42.5 Å². The molecule has 3 aromatic rings. The largest absolute Gasteiger partial charge is 0.497 e. The number of H-pyrrole nitrogens is 1. The Kier molecular flexibility index (Phi) is 7.40. The molecule has 1 aliphatic heterocycles. The highest BCUT2D eigenvalue weighted by Crippen LogP contribution is 2.27. The van der Waals surface area contributed by atoms with Crippen molar-refractivity contribution < 1.29 is 19.1 Å². The highest BCUT2D eigenvalue weighted by molar-refractivity contribution is 5.98. The van der Waals surface area contributed by atoms with Crippen LogP contribution in [0.2, 0.25) is 0 Å². The van der Waals surface area contributed by atoms with Crippen LogP contribution in [-0.2, 0) is 11.3 Å². The molecule has 1 aliphatic rings. The van der Waals surface area contributed by atoms with E-state index in [-0.39, 0.29) is 23.7 Å². The molecule has 0 saturated carbocycles. The van der Waals surface area contributed by atoms with E-state index in [1.807, 2.05) is 67.3 Å². The number of piperidine rings is 1. The second-order valence-electron chi connectivity index (χ2n) is 8.85. The average Bonchev–Trinajstić information content (AvgIpc) is 3.31. The topological polar surface area (TPSA) is 83.7 Å². The number of aromatic nitrogens is 1. The normalized spacial score (nSPS) is 15.2. The lowest BCUT2D eigenvalue weighted by Gasteiger charge is -2.34. The summed E-state index contributed by atoms with van der Waals surface area (Å²) in [6.07, 6.45) is 1.63. The quantitative estimate of drug-likeness (QED) is 0.519. The Hall–Kier alpha value is -3.48. The average molecular weight is 464 g/mol. The molecule has 1 fully saturated rings. The summed E-state index contributed by atoms with van der Waals surface area (Å²) in [4.78, 5) is 30.9. The molecule has 0 bridgehead atoms. The maximum absolute atomic E-state index is 13.0. The number of aromatic amines is 1. The zero-order valence-electron chi connectivity index (χ0n) is 20.1. The van der Waals surface area contributed by atoms with E-state index in [2.05, 4.69) is 10.3 Å². The first-order chi connectivity index (χ1) is 16.5. The van der Waals surface area contributed by atoms with Crippen molar-refractivity contribution in [1.82, 2.24) is 15.2 Å². The van der Waals surface area contributed by atoms with Crippen molar-refractivity contribution in [3.05, 3.63) is 59.8 Å². The lowest BCUT2D eigenvalue weighted by atomic mass is 9.84. The first-order valence-corrected chi connectivity index (χ1v) is 11.9. The third kappa shape index (κ3) is 5.35. The fourth-order valence-electron chi connectivity index (χ4n) is 4.56. The van der Waals surface area contributed by atoms with Crippen molar-refractivity contribution in [2.24, 2.45) is 11.8 Å². The number of carbonyl (C=O) groups excluding carboxylic acids is 2. The van der Waals surface area contributed by atoms with Crippen LogP contribution in [0.5, 0.6) is 11.5 Å². The van der Waals surface area contributed by atoms with E-state index in [9.17, 15) is 9.59 Å². The van der Waals surface area contributed by atoms with Crippen molar-refractivity contribution in [1.29, 1.82) is 0 Å². The Bertz CT molecular complexity index is 1130. The highest BCUT2D eigenvalue weighted by atomic mass is 16.5. The fourth-order valence-corrected chi connectivity index (χ4v) is 4.56. The van der Waals surface area contributed by atoms with Crippen LogP contribution in [-0.4, -0.2) is 48.5 Å². The smallest absolute Gasteiger partial charge is 0.270 e. The number of carbonyl (C=O) groups is 2. The van der Waals surface area contributed by atoms with Gasteiger partial charge in [-0.15, -0.1) is 0 Å². The van der Waals surface area contributed by atoms with E-state index in [1.54, 1.807) is 7.11 Å². The maximum atomic E-state index is 13.0. The molecule has 1 atom stereocenters. The molecule has 1 unspecified atom stereocenters. The minimum Gasteiger partial charge on any atom is -0.497 e. The molecule has 2 N–H and O–H groups in total. The number of nitrogens with zero attached hydrogens (tertiary/aromatic N) is 1. The zero-order chi connectivity index (χ0) is 24.1. The number of methoxy groups -OCH3 is 1. The minimum atomic E-state index is -0.0968. The summed E-state index contributed by atoms with van der Waals surface area (Å²) in [5.74, 6) is 1.81. The minimum absolute atomic E-state index is 0.00113. The van der Waals surface area contributed by atoms with Gasteiger partial charge in [0.05, 0.1) is 13.7 Å². The Labute approximate surface area is 200 Å². The monoisotopic (exact) mass is 463 g/mol. The highest BCUT2D eigenvalue weighted by Gasteiger charge is 2.30. The molecule has 1 aromatic heterocycles. The number of nitrogens with one attached hydrogen (secondary N) is 2. The Morgan fingerprint density at radius 2 is 1.79 bits per heavy atom. The number of fused-ring (bicyclic) bond motifs is 1. The van der Waals surface area contributed by atoms with E-state index >= 15 is 0 Å². The van der Waals surface area contributed by atoms with E-state index in [1.165, 1.54) is 0 Å². The predicted molar refractivity (Wildman–Crippen MR) is 132 cm³/mol. The van der Waals surface area contributed by atoms with Gasteiger partial charge in [0.15, 0.2) is 0 Å². The van der Waals surface area contributed by atoms with Crippen LogP contribution in [0.3, 0.4) is 0 Å². The van der Waals surface area contributed by atoms with Gasteiger partial charge in [-0.2, -0.15) is 0 Å². The molecule has 1 saturated heterocycles. The van der Waals surface area contributed by atoms with Gasteiger partial charge >= 0.3 is 0 Å². The van der Waals surface area contributed by atoms with Gasteiger partial charge in [-0.05, 0) is 61.6 Å². The first kappa shape index (κ1) is 23.7. The van der Waals surface area contributed by atoms with Crippen molar-refractivity contribution in [3.8, 4) is 11.5 Å². The third-order valence-electron chi connectivity index (χ3n) is 6.71. The molecule has 4 rings (SSSR count). The van der Waals surface area contributed by atoms with Gasteiger partial charge in [-0.1, -0.05) is 19.1 Å². The Balaban J connectivity index is 1.27. The molecule has 180 valence electrons. The van der Waals surface area contributed by atoms with Crippen LogP contribution in [0, 0.1) is 11.8 Å². The van der Waals surface area contributed by atoms with Crippen molar-refractivity contribution in [2.45, 2.75) is 33.2 Å². The lowest BCUT2D eigenvalue weighted by molar-refractivity contribution is -0.126. The van der Waals surface area contributed by atoms with E-state index in [0.29, 0.717) is 31.9 Å². The Morgan fingerprint density at radius 3 is 2.47 bits per heavy atom. The summed E-state index contributed by atoms with van der Waals surface area (Å²) >= 11 is 0. The fraction of sp³-hybridized carbons (Fsp3) is 0.407. The molecule has 7 heteroatoms. The van der Waals surface area contributed by atoms with Gasteiger partial charge in [0.2, 0.25) is 5.91 Å². The van der Waals surface area contributed by atoms with Crippen molar-refractivity contribution in [2.75, 3.05) is 26.8 Å². The van der Waals surface area contributed by atoms with Crippen LogP contribution in [0.15, 0.2) is 48.5 Å². The summed E-state index contributed by atoms with van der Waals surface area (Å²) in [5, 5.41) is 4.04. The third-order valence-corrected chi connectivity index (χ3v) is 6.71. The van der Waals surface area contributed by atoms with Crippen LogP contribution < -0.4 is 14.8 Å². The van der Waals surface area contributed by atoms with Crippen molar-refractivity contribution in [3.63, 3.8) is 0 Å². The molecule has 2 amide bonds. The molecule has 0 aliphatic carbocycles. The summed E-state index contributed by atoms with van der Waals surface area (Å²) in [6.45, 7) is 6.38. The number of benzene rings is 2. The van der Waals surface area contributed by atoms with Crippen LogP contribution in [0.1, 0.15) is 42.7 Å². The standard InChI is InChI=1S/C27H33N3O4/c1-4-34-22-8-5-19(6-9-22)17-28-26(31)18(2)20-11-13-30(14-12-20)27(32)25-15-21-7-10-23(33-3)16-24(21)29-25/h5-10,15-16,18,20,29H,4,11-14,17H2,1-3H3,(H,28,31). The van der Waals surface area contributed by atoms with Crippen molar-refractivity contribution >= 4 is 22.7 Å². The van der Waals surface area contributed by atoms with E-state index in [0.717, 1.165) is 40.8 Å². The van der Waals surface area contributed by atoms with Gasteiger partial charge in [-0.25, -0.2) is 0 Å². The molecule has 2 aromatic carbocycles. The van der Waals surface area contributed by atoms with Gasteiger partial charge in [-0.3, -0.25) is 9.59 Å². The van der Waals surface area contributed by atoms with Gasteiger partial charge in [0.1, 0.15) is 17.2 Å². The number of hydrogen-bond acceptors (Lipinski definition) is 4. The predicted octanol–water partition coefficient (Wildman–Crippen LogP) is 4.38. The number of amides is 2. The molecule has 0 radical (unpaired) electrons. The van der Waals surface area contributed by atoms with Gasteiger partial charge < -0.3 is 24.7 Å². The molecule has 7 nitrogen and oxygen atoms in total. The maximum Gasteiger partial charge on any atom is 0.270 e. The second kappa shape index (κ2) is 10.6. The molecule has 0 spiro atoms. The number of hydrogen-bond donors (Lipinski definition) is 2. The Morgan fingerprint density at radius 1 is 1.09 bits per heavy atom. The molecule has 2 heterocycles. The SMILES string of the molecule is CCOc1ccc(CNC(=O)C(C)C2CCN(C(=O)c3cc4ccc(OC)cc4[nH]3)CC2)cc1. The first-order valence-electron chi connectivity index (χ1n) is 11.9. The van der Waals surface area contributed by atoms with Crippen LogP contribution in [0.25, 0.3) is 10.9 Å². The number of likely N-dealkylation sites (tertiary alicyclic amines) is 1. The summed E-state index contributed by atoms with van der Waals surface area (Å²) in [7, 11) is 1.63. The summed E-state index contributed by atoms with van der Waals surface area (Å²) in [5.41, 5.74) is 2.51. The summed E-state index contributed by atoms with van der Waals surface area (Å²) < 4.78 is 10.7. The zero-order valence-corrected chi connectivity index (χ0v) is 20.1. The van der Waals surface area contributed by atoms with Gasteiger partial charge in [0.25, 0.3) is 5.91 Å².